The molecule has 0 saturated carbocycles. The van der Waals surface area contributed by atoms with Crippen molar-refractivity contribution in [2.24, 2.45) is 0 Å². The molecular formula is C9H15N3. The molecule has 0 atom stereocenters. The van der Waals surface area contributed by atoms with E-state index in [2.05, 4.69) is 21.7 Å². The maximum Gasteiger partial charge on any atom is 0.125 e. The fraction of sp³-hybridized carbons (Fsp3) is 0.444. The van der Waals surface area contributed by atoms with Crippen molar-refractivity contribution in [1.29, 1.82) is 0 Å². The van der Waals surface area contributed by atoms with Gasteiger partial charge in [-0.05, 0) is 25.6 Å². The van der Waals surface area contributed by atoms with Gasteiger partial charge in [-0.25, -0.2) is 4.98 Å². The van der Waals surface area contributed by atoms with Crippen molar-refractivity contribution in [3.63, 3.8) is 0 Å². The molecule has 0 radical (unpaired) electrons. The molecule has 0 aliphatic carbocycles. The first-order valence-electron chi connectivity index (χ1n) is 4.14. The van der Waals surface area contributed by atoms with E-state index in [1.54, 1.807) is 0 Å². The average molecular weight is 165 g/mol. The summed E-state index contributed by atoms with van der Waals surface area (Å²) in [5, 5.41) is 6.26. The zero-order chi connectivity index (χ0) is 8.81. The number of aromatic nitrogens is 1. The van der Waals surface area contributed by atoms with Crippen molar-refractivity contribution in [1.82, 2.24) is 10.3 Å². The summed E-state index contributed by atoms with van der Waals surface area (Å²) < 4.78 is 0. The topological polar surface area (TPSA) is 37.0 Å². The van der Waals surface area contributed by atoms with Crippen LogP contribution in [0.4, 0.5) is 5.82 Å². The molecule has 3 heteroatoms. The Labute approximate surface area is 73.2 Å². The molecule has 0 amide bonds. The van der Waals surface area contributed by atoms with E-state index in [0.717, 1.165) is 18.9 Å². The van der Waals surface area contributed by atoms with Crippen molar-refractivity contribution in [2.75, 3.05) is 25.5 Å². The van der Waals surface area contributed by atoms with Gasteiger partial charge < -0.3 is 10.6 Å². The third-order valence-corrected chi connectivity index (χ3v) is 1.59. The molecule has 0 spiro atoms. The van der Waals surface area contributed by atoms with Gasteiger partial charge in [0.2, 0.25) is 0 Å². The minimum Gasteiger partial charge on any atom is -0.369 e. The van der Waals surface area contributed by atoms with Crippen molar-refractivity contribution in [3.05, 3.63) is 23.9 Å². The maximum atomic E-state index is 4.21. The van der Waals surface area contributed by atoms with Crippen LogP contribution in [0.1, 0.15) is 5.56 Å². The third kappa shape index (κ3) is 2.88. The number of hydrogen-bond acceptors (Lipinski definition) is 3. The van der Waals surface area contributed by atoms with Gasteiger partial charge in [-0.3, -0.25) is 0 Å². The van der Waals surface area contributed by atoms with Crippen molar-refractivity contribution in [2.45, 2.75) is 6.92 Å². The van der Waals surface area contributed by atoms with Gasteiger partial charge in [0.25, 0.3) is 0 Å². The first kappa shape index (κ1) is 9.00. The molecule has 3 nitrogen and oxygen atoms in total. The second-order valence-corrected chi connectivity index (χ2v) is 2.75. The number of aryl methyl sites for hydroxylation is 1. The van der Waals surface area contributed by atoms with E-state index in [1.165, 1.54) is 5.56 Å². The molecule has 1 rings (SSSR count). The van der Waals surface area contributed by atoms with Crippen LogP contribution in [-0.2, 0) is 0 Å². The number of hydrogen-bond donors (Lipinski definition) is 2. The molecule has 0 unspecified atom stereocenters. The highest BCUT2D eigenvalue weighted by Gasteiger charge is 1.90. The lowest BCUT2D eigenvalue weighted by molar-refractivity contribution is 0.821. The van der Waals surface area contributed by atoms with Crippen LogP contribution in [0.2, 0.25) is 0 Å². The molecule has 12 heavy (non-hydrogen) atoms. The highest BCUT2D eigenvalue weighted by Crippen LogP contribution is 2.02. The highest BCUT2D eigenvalue weighted by molar-refractivity contribution is 5.34. The Morgan fingerprint density at radius 3 is 2.75 bits per heavy atom. The molecular weight excluding hydrogens is 150 g/mol. The molecule has 0 fully saturated rings. The number of rotatable bonds is 4. The van der Waals surface area contributed by atoms with E-state index in [4.69, 9.17) is 0 Å². The zero-order valence-corrected chi connectivity index (χ0v) is 7.59. The van der Waals surface area contributed by atoms with Crippen LogP contribution >= 0.6 is 0 Å². The standard InChI is InChI=1S/C9H15N3/c1-8-3-4-9(12-7-8)11-6-5-10-2/h3-4,7,10H,5-6H2,1-2H3,(H,11,12). The Morgan fingerprint density at radius 2 is 2.17 bits per heavy atom. The van der Waals surface area contributed by atoms with Gasteiger partial charge in [0.05, 0.1) is 0 Å². The fourth-order valence-corrected chi connectivity index (χ4v) is 0.888. The summed E-state index contributed by atoms with van der Waals surface area (Å²) in [6.07, 6.45) is 1.86. The molecule has 0 bridgehead atoms. The summed E-state index contributed by atoms with van der Waals surface area (Å²) in [4.78, 5) is 4.21. The third-order valence-electron chi connectivity index (χ3n) is 1.59. The average Bonchev–Trinajstić information content (AvgIpc) is 2.09. The Morgan fingerprint density at radius 1 is 1.33 bits per heavy atom. The van der Waals surface area contributed by atoms with Crippen molar-refractivity contribution < 1.29 is 0 Å². The summed E-state index contributed by atoms with van der Waals surface area (Å²) in [5.74, 6) is 0.941. The number of nitrogens with zero attached hydrogens (tertiary/aromatic N) is 1. The van der Waals surface area contributed by atoms with Crippen molar-refractivity contribution >= 4 is 5.82 Å². The Hall–Kier alpha value is -1.09. The first-order valence-corrected chi connectivity index (χ1v) is 4.14. The van der Waals surface area contributed by atoms with Crippen LogP contribution in [-0.4, -0.2) is 25.1 Å². The van der Waals surface area contributed by atoms with E-state index < -0.39 is 0 Å². The molecule has 1 heterocycles. The first-order chi connectivity index (χ1) is 5.83. The zero-order valence-electron chi connectivity index (χ0n) is 7.59. The van der Waals surface area contributed by atoms with Crippen LogP contribution in [0.5, 0.6) is 0 Å². The van der Waals surface area contributed by atoms with E-state index in [-0.39, 0.29) is 0 Å². The van der Waals surface area contributed by atoms with Gasteiger partial charge in [-0.15, -0.1) is 0 Å². The summed E-state index contributed by atoms with van der Waals surface area (Å²) in [6.45, 7) is 3.90. The maximum absolute atomic E-state index is 4.21. The van der Waals surface area contributed by atoms with Gasteiger partial charge in [-0.2, -0.15) is 0 Å². The summed E-state index contributed by atoms with van der Waals surface area (Å²) in [7, 11) is 1.93. The van der Waals surface area contributed by atoms with Gasteiger partial charge in [0.15, 0.2) is 0 Å². The largest absolute Gasteiger partial charge is 0.369 e. The predicted octanol–water partition coefficient (Wildman–Crippen LogP) is 1.02. The number of likely N-dealkylation sites (N-methyl/N-ethyl adjacent to an activating group) is 1. The van der Waals surface area contributed by atoms with Crippen LogP contribution in [0, 0.1) is 6.92 Å². The second kappa shape index (κ2) is 4.72. The molecule has 1 aromatic rings. The Kier molecular flexibility index (Phi) is 3.54. The quantitative estimate of drug-likeness (QED) is 0.654. The molecule has 66 valence electrons. The minimum atomic E-state index is 0.909. The normalized spacial score (nSPS) is 9.83. The monoisotopic (exact) mass is 165 g/mol. The number of pyridine rings is 1. The molecule has 0 aliphatic rings. The molecule has 0 aromatic carbocycles. The molecule has 0 aliphatic heterocycles. The SMILES string of the molecule is CNCCNc1ccc(C)cn1. The van der Waals surface area contributed by atoms with Crippen LogP contribution < -0.4 is 10.6 Å². The lowest BCUT2D eigenvalue weighted by Gasteiger charge is -2.04. The number of nitrogens with one attached hydrogen (secondary N) is 2. The predicted molar refractivity (Wildman–Crippen MR) is 51.4 cm³/mol. The minimum absolute atomic E-state index is 0.909. The van der Waals surface area contributed by atoms with Crippen LogP contribution in [0.15, 0.2) is 18.3 Å². The van der Waals surface area contributed by atoms with Gasteiger partial charge in [-0.1, -0.05) is 6.07 Å². The summed E-state index contributed by atoms with van der Waals surface area (Å²) in [6, 6.07) is 4.04. The van der Waals surface area contributed by atoms with Gasteiger partial charge in [0.1, 0.15) is 5.82 Å². The van der Waals surface area contributed by atoms with Crippen LogP contribution in [0.25, 0.3) is 0 Å². The lowest BCUT2D eigenvalue weighted by atomic mass is 10.3. The second-order valence-electron chi connectivity index (χ2n) is 2.75. The molecule has 1 aromatic heterocycles. The van der Waals surface area contributed by atoms with E-state index in [9.17, 15) is 0 Å². The van der Waals surface area contributed by atoms with E-state index in [0.29, 0.717) is 0 Å². The lowest BCUT2D eigenvalue weighted by Crippen LogP contribution is -2.18. The van der Waals surface area contributed by atoms with Crippen LogP contribution in [0.3, 0.4) is 0 Å². The fourth-order valence-electron chi connectivity index (χ4n) is 0.888. The van der Waals surface area contributed by atoms with Crippen molar-refractivity contribution in [3.8, 4) is 0 Å². The van der Waals surface area contributed by atoms with E-state index >= 15 is 0 Å². The Bertz CT molecular complexity index is 218. The summed E-state index contributed by atoms with van der Waals surface area (Å²) in [5.41, 5.74) is 1.19. The smallest absolute Gasteiger partial charge is 0.125 e. The van der Waals surface area contributed by atoms with E-state index in [1.807, 2.05) is 26.2 Å². The Balaban J connectivity index is 2.37. The van der Waals surface area contributed by atoms with Gasteiger partial charge >= 0.3 is 0 Å². The molecule has 2 N–H and O–H groups in total. The summed E-state index contributed by atoms with van der Waals surface area (Å²) >= 11 is 0. The number of anilines is 1. The van der Waals surface area contributed by atoms with Gasteiger partial charge in [0, 0.05) is 19.3 Å². The highest BCUT2D eigenvalue weighted by atomic mass is 15.0. The molecule has 0 saturated heterocycles.